The van der Waals surface area contributed by atoms with Crippen LogP contribution in [0.5, 0.6) is 11.5 Å². The highest BCUT2D eigenvalue weighted by molar-refractivity contribution is 8.26. The minimum absolute atomic E-state index is 0.139. The number of benzene rings is 3. The zero-order chi connectivity index (χ0) is 23.4. The Labute approximate surface area is 202 Å². The fourth-order valence-electron chi connectivity index (χ4n) is 3.44. The highest BCUT2D eigenvalue weighted by Gasteiger charge is 2.35. The second kappa shape index (κ2) is 10.0. The highest BCUT2D eigenvalue weighted by atomic mass is 32.2. The van der Waals surface area contributed by atoms with E-state index in [4.69, 9.17) is 21.7 Å². The van der Waals surface area contributed by atoms with E-state index in [1.807, 2.05) is 43.3 Å². The Hall–Kier alpha value is -3.42. The predicted molar refractivity (Wildman–Crippen MR) is 134 cm³/mol. The second-order valence-electron chi connectivity index (χ2n) is 7.30. The molecule has 0 radical (unpaired) electrons. The van der Waals surface area contributed by atoms with E-state index in [0.717, 1.165) is 11.1 Å². The van der Waals surface area contributed by atoms with Crippen molar-refractivity contribution >= 4 is 46.3 Å². The van der Waals surface area contributed by atoms with Gasteiger partial charge in [-0.1, -0.05) is 78.6 Å². The van der Waals surface area contributed by atoms with Gasteiger partial charge in [0.15, 0.2) is 11.5 Å². The summed E-state index contributed by atoms with van der Waals surface area (Å²) in [5.41, 5.74) is 2.19. The third-order valence-corrected chi connectivity index (χ3v) is 6.52. The van der Waals surface area contributed by atoms with Gasteiger partial charge < -0.3 is 9.47 Å². The lowest BCUT2D eigenvalue weighted by Crippen LogP contribution is -2.30. The van der Waals surface area contributed by atoms with Gasteiger partial charge in [0.25, 0.3) is 5.91 Å². The van der Waals surface area contributed by atoms with Crippen LogP contribution in [0.1, 0.15) is 34.5 Å². The zero-order valence-corrected chi connectivity index (χ0v) is 19.7. The summed E-state index contributed by atoms with van der Waals surface area (Å²) in [5.74, 6) is 0.0761. The molecular weight excluding hydrogens is 454 g/mol. The molecule has 5 nitrogen and oxygen atoms in total. The summed E-state index contributed by atoms with van der Waals surface area (Å²) in [5, 5.41) is 0. The molecule has 0 N–H and O–H groups in total. The maximum atomic E-state index is 13.1. The number of rotatable bonds is 6. The average molecular weight is 476 g/mol. The van der Waals surface area contributed by atoms with Gasteiger partial charge in [0.1, 0.15) is 4.32 Å². The third kappa shape index (κ3) is 4.99. The minimum Gasteiger partial charge on any atom is -0.493 e. The van der Waals surface area contributed by atoms with Crippen LogP contribution in [0, 0.1) is 0 Å². The van der Waals surface area contributed by atoms with Crippen molar-refractivity contribution in [3.05, 3.63) is 100 Å². The summed E-state index contributed by atoms with van der Waals surface area (Å²) in [6, 6.07) is 23.5. The number of hydrogen-bond acceptors (Lipinski definition) is 6. The van der Waals surface area contributed by atoms with Gasteiger partial charge in [-0.05, 0) is 48.4 Å². The lowest BCUT2D eigenvalue weighted by atomic mass is 10.1. The van der Waals surface area contributed by atoms with Crippen molar-refractivity contribution in [1.82, 2.24) is 4.90 Å². The lowest BCUT2D eigenvalue weighted by molar-refractivity contribution is -0.123. The first kappa shape index (κ1) is 22.8. The van der Waals surface area contributed by atoms with Gasteiger partial charge in [-0.2, -0.15) is 0 Å². The van der Waals surface area contributed by atoms with Crippen LogP contribution in [0.2, 0.25) is 0 Å². The van der Waals surface area contributed by atoms with Gasteiger partial charge in [-0.3, -0.25) is 9.69 Å². The van der Waals surface area contributed by atoms with Crippen LogP contribution in [-0.2, 0) is 4.79 Å². The number of amides is 1. The van der Waals surface area contributed by atoms with E-state index in [0.29, 0.717) is 26.3 Å². The van der Waals surface area contributed by atoms with Crippen LogP contribution in [0.4, 0.5) is 0 Å². The molecule has 1 atom stereocenters. The van der Waals surface area contributed by atoms with Crippen LogP contribution in [0.25, 0.3) is 6.08 Å². The number of carbonyl (C=O) groups excluding carboxylic acids is 2. The number of methoxy groups -OCH3 is 1. The quantitative estimate of drug-likeness (QED) is 0.192. The maximum Gasteiger partial charge on any atom is 0.343 e. The molecule has 33 heavy (non-hydrogen) atoms. The summed E-state index contributed by atoms with van der Waals surface area (Å²) in [4.78, 5) is 27.7. The molecule has 3 aromatic carbocycles. The average Bonchev–Trinajstić information content (AvgIpc) is 3.13. The van der Waals surface area contributed by atoms with Gasteiger partial charge in [0.2, 0.25) is 0 Å². The molecule has 0 bridgehead atoms. The zero-order valence-electron chi connectivity index (χ0n) is 18.1. The molecule has 1 saturated heterocycles. The Morgan fingerprint density at radius 3 is 2.33 bits per heavy atom. The largest absolute Gasteiger partial charge is 0.493 e. The molecular formula is C26H21NO4S2. The molecule has 1 unspecified atom stereocenters. The Morgan fingerprint density at radius 1 is 1.00 bits per heavy atom. The van der Waals surface area contributed by atoms with Crippen LogP contribution in [0.3, 0.4) is 0 Å². The van der Waals surface area contributed by atoms with Gasteiger partial charge in [-0.25, -0.2) is 4.79 Å². The molecule has 0 aromatic heterocycles. The first-order valence-corrected chi connectivity index (χ1v) is 11.5. The van der Waals surface area contributed by atoms with Crippen molar-refractivity contribution in [3.63, 3.8) is 0 Å². The summed E-state index contributed by atoms with van der Waals surface area (Å²) >= 11 is 6.76. The second-order valence-corrected chi connectivity index (χ2v) is 8.98. The predicted octanol–water partition coefficient (Wildman–Crippen LogP) is 5.88. The molecule has 1 aliphatic rings. The standard InChI is InChI=1S/C26H21NO4S2/c1-17(19-9-5-3-6-10-19)27-24(28)23(33-26(27)32)16-18-13-14-21(22(15-18)30-2)31-25(29)20-11-7-4-8-12-20/h3-17H,1-2H3/b23-16-. The normalized spacial score (nSPS) is 15.6. The summed E-state index contributed by atoms with van der Waals surface area (Å²) in [7, 11) is 1.50. The van der Waals surface area contributed by atoms with Gasteiger partial charge >= 0.3 is 5.97 Å². The molecule has 1 fully saturated rings. The van der Waals surface area contributed by atoms with E-state index in [9.17, 15) is 9.59 Å². The molecule has 7 heteroatoms. The Bertz CT molecular complexity index is 1230. The first-order valence-electron chi connectivity index (χ1n) is 10.2. The first-order chi connectivity index (χ1) is 16.0. The smallest absolute Gasteiger partial charge is 0.343 e. The van der Waals surface area contributed by atoms with Crippen molar-refractivity contribution in [3.8, 4) is 11.5 Å². The Balaban J connectivity index is 1.54. The number of carbonyl (C=O) groups is 2. The van der Waals surface area contributed by atoms with Crippen LogP contribution in [0.15, 0.2) is 83.8 Å². The highest BCUT2D eigenvalue weighted by Crippen LogP contribution is 2.39. The number of hydrogen-bond donors (Lipinski definition) is 0. The van der Waals surface area contributed by atoms with Crippen molar-refractivity contribution in [2.75, 3.05) is 7.11 Å². The third-order valence-electron chi connectivity index (χ3n) is 5.19. The van der Waals surface area contributed by atoms with Gasteiger partial charge in [0, 0.05) is 0 Å². The van der Waals surface area contributed by atoms with E-state index < -0.39 is 5.97 Å². The summed E-state index contributed by atoms with van der Waals surface area (Å²) < 4.78 is 11.4. The number of esters is 1. The Kier molecular flexibility index (Phi) is 6.91. The molecule has 4 rings (SSSR count). The molecule has 1 amide bonds. The molecule has 0 aliphatic carbocycles. The summed E-state index contributed by atoms with van der Waals surface area (Å²) in [6.07, 6.45) is 1.77. The molecule has 1 aliphatic heterocycles. The van der Waals surface area contributed by atoms with Crippen molar-refractivity contribution in [1.29, 1.82) is 0 Å². The van der Waals surface area contributed by atoms with Crippen molar-refractivity contribution in [2.45, 2.75) is 13.0 Å². The van der Waals surface area contributed by atoms with Gasteiger partial charge in [0.05, 0.1) is 23.6 Å². The van der Waals surface area contributed by atoms with Gasteiger partial charge in [-0.15, -0.1) is 0 Å². The number of ether oxygens (including phenoxy) is 2. The Morgan fingerprint density at radius 2 is 1.67 bits per heavy atom. The minimum atomic E-state index is -0.475. The fraction of sp³-hybridized carbons (Fsp3) is 0.115. The number of thiocarbonyl (C=S) groups is 1. The van der Waals surface area contributed by atoms with Crippen molar-refractivity contribution in [2.24, 2.45) is 0 Å². The number of nitrogens with zero attached hydrogens (tertiary/aromatic N) is 1. The molecule has 3 aromatic rings. The molecule has 0 spiro atoms. The van der Waals surface area contributed by atoms with E-state index in [-0.39, 0.29) is 11.9 Å². The van der Waals surface area contributed by atoms with Crippen LogP contribution in [-0.4, -0.2) is 28.2 Å². The topological polar surface area (TPSA) is 55.8 Å². The fourth-order valence-corrected chi connectivity index (χ4v) is 4.86. The lowest BCUT2D eigenvalue weighted by Gasteiger charge is -2.23. The monoisotopic (exact) mass is 475 g/mol. The SMILES string of the molecule is COc1cc(/C=C2\SC(=S)N(C(C)c3ccccc3)C2=O)ccc1OC(=O)c1ccccc1. The summed E-state index contributed by atoms with van der Waals surface area (Å²) in [6.45, 7) is 1.96. The van der Waals surface area contributed by atoms with Crippen LogP contribution >= 0.6 is 24.0 Å². The van der Waals surface area contributed by atoms with E-state index >= 15 is 0 Å². The van der Waals surface area contributed by atoms with E-state index in [1.54, 1.807) is 53.4 Å². The molecule has 1 heterocycles. The maximum absolute atomic E-state index is 13.1. The number of thioether (sulfide) groups is 1. The van der Waals surface area contributed by atoms with E-state index in [2.05, 4.69) is 0 Å². The molecule has 166 valence electrons. The van der Waals surface area contributed by atoms with Crippen LogP contribution < -0.4 is 9.47 Å². The molecule has 0 saturated carbocycles. The van der Waals surface area contributed by atoms with E-state index in [1.165, 1.54) is 18.9 Å². The van der Waals surface area contributed by atoms with Crippen molar-refractivity contribution < 1.29 is 19.1 Å².